The van der Waals surface area contributed by atoms with Crippen LogP contribution >= 0.6 is 0 Å². The Hall–Kier alpha value is -2.82. The second-order valence-electron chi connectivity index (χ2n) is 4.72. The summed E-state index contributed by atoms with van der Waals surface area (Å²) in [5, 5.41) is 4.11. The molecule has 0 heterocycles. The molecule has 1 amide bonds. The van der Waals surface area contributed by atoms with Crippen LogP contribution in [0.15, 0.2) is 53.6 Å². The molecule has 0 aromatic heterocycles. The van der Waals surface area contributed by atoms with Crippen molar-refractivity contribution in [3.05, 3.63) is 59.7 Å². The number of rotatable bonds is 5. The lowest BCUT2D eigenvalue weighted by Crippen LogP contribution is -2.19. The van der Waals surface area contributed by atoms with E-state index in [0.29, 0.717) is 23.6 Å². The van der Waals surface area contributed by atoms with Crippen molar-refractivity contribution >= 4 is 17.3 Å². The highest BCUT2D eigenvalue weighted by molar-refractivity contribution is 6.01. The zero-order chi connectivity index (χ0) is 15.9. The third-order valence-electron chi connectivity index (χ3n) is 3.08. The van der Waals surface area contributed by atoms with E-state index < -0.39 is 0 Å². The van der Waals surface area contributed by atoms with E-state index in [4.69, 9.17) is 10.5 Å². The third kappa shape index (κ3) is 4.09. The van der Waals surface area contributed by atoms with Crippen molar-refractivity contribution in [2.75, 3.05) is 12.3 Å². The smallest absolute Gasteiger partial charge is 0.271 e. The van der Waals surface area contributed by atoms with Gasteiger partial charge in [0.05, 0.1) is 12.3 Å². The van der Waals surface area contributed by atoms with Crippen LogP contribution in [-0.2, 0) is 0 Å². The Kier molecular flexibility index (Phi) is 5.14. The summed E-state index contributed by atoms with van der Waals surface area (Å²) in [6.45, 7) is 4.40. The Balaban J connectivity index is 2.02. The number of carbonyl (C=O) groups is 1. The summed E-state index contributed by atoms with van der Waals surface area (Å²) in [5.41, 5.74) is 10.9. The van der Waals surface area contributed by atoms with E-state index in [0.717, 1.165) is 11.3 Å². The maximum absolute atomic E-state index is 12.0. The van der Waals surface area contributed by atoms with Gasteiger partial charge in [-0.3, -0.25) is 4.79 Å². The summed E-state index contributed by atoms with van der Waals surface area (Å²) < 4.78 is 5.39. The van der Waals surface area contributed by atoms with Gasteiger partial charge >= 0.3 is 0 Å². The maximum atomic E-state index is 12.0. The number of nitrogens with two attached hydrogens (primary N) is 1. The van der Waals surface area contributed by atoms with Crippen LogP contribution in [-0.4, -0.2) is 18.2 Å². The lowest BCUT2D eigenvalue weighted by atomic mass is 10.1. The largest absolute Gasteiger partial charge is 0.494 e. The molecular formula is C17H19N3O2. The van der Waals surface area contributed by atoms with Crippen LogP contribution in [0.4, 0.5) is 5.69 Å². The molecule has 0 aliphatic heterocycles. The monoisotopic (exact) mass is 297 g/mol. The standard InChI is InChI=1S/C17H19N3O2/c1-3-22-16-10-6-13(7-11-16)12(2)19-20-17(21)14-4-8-15(18)9-5-14/h4-11H,3,18H2,1-2H3,(H,20,21)/b19-12-. The topological polar surface area (TPSA) is 76.7 Å². The van der Waals surface area contributed by atoms with Gasteiger partial charge in [-0.15, -0.1) is 0 Å². The van der Waals surface area contributed by atoms with Gasteiger partial charge in [0.1, 0.15) is 5.75 Å². The fourth-order valence-electron chi connectivity index (χ4n) is 1.86. The molecule has 22 heavy (non-hydrogen) atoms. The van der Waals surface area contributed by atoms with E-state index >= 15 is 0 Å². The highest BCUT2D eigenvalue weighted by Gasteiger charge is 2.04. The van der Waals surface area contributed by atoms with Gasteiger partial charge in [0, 0.05) is 11.3 Å². The van der Waals surface area contributed by atoms with Crippen LogP contribution in [0.25, 0.3) is 0 Å². The average molecular weight is 297 g/mol. The molecule has 0 aliphatic rings. The third-order valence-corrected chi connectivity index (χ3v) is 3.08. The van der Waals surface area contributed by atoms with Gasteiger partial charge in [0.25, 0.3) is 5.91 Å². The van der Waals surface area contributed by atoms with E-state index in [1.54, 1.807) is 24.3 Å². The number of hydrogen-bond donors (Lipinski definition) is 2. The Morgan fingerprint density at radius 3 is 2.27 bits per heavy atom. The fourth-order valence-corrected chi connectivity index (χ4v) is 1.86. The van der Waals surface area contributed by atoms with Crippen LogP contribution in [0.3, 0.4) is 0 Å². The van der Waals surface area contributed by atoms with Gasteiger partial charge in [0.2, 0.25) is 0 Å². The first-order chi connectivity index (χ1) is 10.6. The summed E-state index contributed by atoms with van der Waals surface area (Å²) in [4.78, 5) is 12.0. The van der Waals surface area contributed by atoms with Crippen molar-refractivity contribution in [1.29, 1.82) is 0 Å². The summed E-state index contributed by atoms with van der Waals surface area (Å²) >= 11 is 0. The molecule has 2 aromatic carbocycles. The van der Waals surface area contributed by atoms with Crippen molar-refractivity contribution in [2.24, 2.45) is 5.10 Å². The zero-order valence-electron chi connectivity index (χ0n) is 12.7. The van der Waals surface area contributed by atoms with Gasteiger partial charge in [-0.25, -0.2) is 5.43 Å². The number of nitrogen functional groups attached to an aromatic ring is 1. The summed E-state index contributed by atoms with van der Waals surface area (Å²) in [7, 11) is 0. The summed E-state index contributed by atoms with van der Waals surface area (Å²) in [5.74, 6) is 0.537. The number of amides is 1. The van der Waals surface area contributed by atoms with E-state index in [2.05, 4.69) is 10.5 Å². The molecule has 5 nitrogen and oxygen atoms in total. The number of ether oxygens (including phenoxy) is 1. The minimum atomic E-state index is -0.273. The maximum Gasteiger partial charge on any atom is 0.271 e. The molecule has 0 spiro atoms. The van der Waals surface area contributed by atoms with E-state index in [9.17, 15) is 4.79 Å². The van der Waals surface area contributed by atoms with Crippen molar-refractivity contribution in [3.63, 3.8) is 0 Å². The van der Waals surface area contributed by atoms with E-state index in [-0.39, 0.29) is 5.91 Å². The Labute approximate surface area is 129 Å². The predicted molar refractivity (Wildman–Crippen MR) is 88.1 cm³/mol. The number of hydrazone groups is 1. The molecule has 0 fully saturated rings. The van der Waals surface area contributed by atoms with Crippen LogP contribution in [0.2, 0.25) is 0 Å². The van der Waals surface area contributed by atoms with Crippen molar-refractivity contribution in [2.45, 2.75) is 13.8 Å². The van der Waals surface area contributed by atoms with Gasteiger partial charge in [-0.05, 0) is 67.9 Å². The lowest BCUT2D eigenvalue weighted by Gasteiger charge is -2.05. The van der Waals surface area contributed by atoms with Crippen molar-refractivity contribution < 1.29 is 9.53 Å². The van der Waals surface area contributed by atoms with E-state index in [1.165, 1.54) is 0 Å². The van der Waals surface area contributed by atoms with Crippen LogP contribution < -0.4 is 15.9 Å². The Bertz CT molecular complexity index is 661. The molecule has 3 N–H and O–H groups in total. The highest BCUT2D eigenvalue weighted by atomic mass is 16.5. The highest BCUT2D eigenvalue weighted by Crippen LogP contribution is 2.12. The van der Waals surface area contributed by atoms with Crippen molar-refractivity contribution in [3.8, 4) is 5.75 Å². The first-order valence-corrected chi connectivity index (χ1v) is 7.03. The normalized spacial score (nSPS) is 11.1. The molecular weight excluding hydrogens is 278 g/mol. The molecule has 0 atom stereocenters. The fraction of sp³-hybridized carbons (Fsp3) is 0.176. The average Bonchev–Trinajstić information content (AvgIpc) is 2.54. The molecule has 114 valence electrons. The van der Waals surface area contributed by atoms with Gasteiger partial charge in [-0.1, -0.05) is 0 Å². The number of hydrogen-bond acceptors (Lipinski definition) is 4. The number of nitrogens with one attached hydrogen (secondary N) is 1. The predicted octanol–water partition coefficient (Wildman–Crippen LogP) is 2.82. The molecule has 2 aromatic rings. The first kappa shape index (κ1) is 15.6. The molecule has 5 heteroatoms. The van der Waals surface area contributed by atoms with Crippen LogP contribution in [0, 0.1) is 0 Å². The number of nitrogens with zero attached hydrogens (tertiary/aromatic N) is 1. The Morgan fingerprint density at radius 1 is 1.09 bits per heavy atom. The van der Waals surface area contributed by atoms with E-state index in [1.807, 2.05) is 38.1 Å². The Morgan fingerprint density at radius 2 is 1.68 bits per heavy atom. The number of benzene rings is 2. The molecule has 0 aliphatic carbocycles. The minimum Gasteiger partial charge on any atom is -0.494 e. The minimum absolute atomic E-state index is 0.273. The summed E-state index contributed by atoms with van der Waals surface area (Å²) in [6, 6.07) is 14.2. The lowest BCUT2D eigenvalue weighted by molar-refractivity contribution is 0.0955. The van der Waals surface area contributed by atoms with Gasteiger partial charge in [-0.2, -0.15) is 5.10 Å². The quantitative estimate of drug-likeness (QED) is 0.506. The molecule has 0 bridgehead atoms. The second-order valence-corrected chi connectivity index (χ2v) is 4.72. The molecule has 2 rings (SSSR count). The second kappa shape index (κ2) is 7.26. The number of carbonyl (C=O) groups excluding carboxylic acids is 1. The van der Waals surface area contributed by atoms with Gasteiger partial charge < -0.3 is 10.5 Å². The molecule has 0 saturated carbocycles. The molecule has 0 unspecified atom stereocenters. The molecule has 0 radical (unpaired) electrons. The van der Waals surface area contributed by atoms with Crippen LogP contribution in [0.5, 0.6) is 5.75 Å². The molecule has 0 saturated heterocycles. The van der Waals surface area contributed by atoms with Gasteiger partial charge in [0.15, 0.2) is 0 Å². The zero-order valence-corrected chi connectivity index (χ0v) is 12.7. The van der Waals surface area contributed by atoms with Crippen LogP contribution in [0.1, 0.15) is 29.8 Å². The first-order valence-electron chi connectivity index (χ1n) is 7.03. The van der Waals surface area contributed by atoms with Crippen molar-refractivity contribution in [1.82, 2.24) is 5.43 Å². The summed E-state index contributed by atoms with van der Waals surface area (Å²) in [6.07, 6.45) is 0. The number of anilines is 1. The SMILES string of the molecule is CCOc1ccc(/C(C)=N\NC(=O)c2ccc(N)cc2)cc1.